The fourth-order valence-corrected chi connectivity index (χ4v) is 5.56. The van der Waals surface area contributed by atoms with Gasteiger partial charge in [-0.05, 0) is 69.4 Å². The van der Waals surface area contributed by atoms with E-state index in [2.05, 4.69) is 10.3 Å². The lowest BCUT2D eigenvalue weighted by atomic mass is 9.85. The van der Waals surface area contributed by atoms with Crippen molar-refractivity contribution >= 4 is 47.2 Å². The molecule has 1 saturated carbocycles. The molecule has 0 bridgehead atoms. The third kappa shape index (κ3) is 4.61. The number of carbonyl (C=O) groups excluding carboxylic acids is 2. The van der Waals surface area contributed by atoms with Crippen LogP contribution in [0.2, 0.25) is 10.0 Å². The van der Waals surface area contributed by atoms with Crippen molar-refractivity contribution in [2.45, 2.75) is 57.7 Å². The highest BCUT2D eigenvalue weighted by Crippen LogP contribution is 2.32. The Bertz CT molecular complexity index is 1220. The Morgan fingerprint density at radius 2 is 1.85 bits per heavy atom. The van der Waals surface area contributed by atoms with Gasteiger partial charge in [0.05, 0.1) is 16.6 Å². The zero-order chi connectivity index (χ0) is 23.9. The van der Waals surface area contributed by atoms with Crippen molar-refractivity contribution in [3.8, 4) is 0 Å². The molecule has 1 aliphatic heterocycles. The van der Waals surface area contributed by atoms with E-state index in [0.717, 1.165) is 25.7 Å². The number of rotatable bonds is 3. The van der Waals surface area contributed by atoms with Crippen molar-refractivity contribution in [3.05, 3.63) is 60.2 Å². The van der Waals surface area contributed by atoms with E-state index in [1.165, 1.54) is 0 Å². The van der Waals surface area contributed by atoms with Gasteiger partial charge in [-0.25, -0.2) is 0 Å². The van der Waals surface area contributed by atoms with E-state index >= 15 is 0 Å². The number of H-pyrrole nitrogens is 1. The minimum absolute atomic E-state index is 0.0157. The lowest BCUT2D eigenvalue weighted by Gasteiger charge is -2.35. The Morgan fingerprint density at radius 1 is 1.15 bits per heavy atom. The van der Waals surface area contributed by atoms with Gasteiger partial charge < -0.3 is 15.2 Å². The SMILES string of the molecule is CNC(=O)[C@H]1CC[C@@H](n2c(=S)[nH]c3c(c2=O)C[C@@H](C)N(C(=O)c2ccc(Cl)c(Cl)c2)C3)CC1. The average molecular weight is 509 g/mol. The number of aromatic amines is 1. The highest BCUT2D eigenvalue weighted by atomic mass is 35.5. The normalized spacial score (nSPS) is 22.5. The van der Waals surface area contributed by atoms with Crippen molar-refractivity contribution in [3.63, 3.8) is 0 Å². The molecule has 0 saturated heterocycles. The van der Waals surface area contributed by atoms with Gasteiger partial charge in [-0.3, -0.25) is 19.0 Å². The van der Waals surface area contributed by atoms with Crippen molar-refractivity contribution in [1.29, 1.82) is 0 Å². The maximum atomic E-state index is 13.4. The first-order chi connectivity index (χ1) is 15.7. The van der Waals surface area contributed by atoms with E-state index in [1.807, 2.05) is 6.92 Å². The largest absolute Gasteiger partial charge is 0.359 e. The summed E-state index contributed by atoms with van der Waals surface area (Å²) in [5.74, 6) is -0.141. The summed E-state index contributed by atoms with van der Waals surface area (Å²) in [5, 5.41) is 3.42. The van der Waals surface area contributed by atoms with E-state index in [-0.39, 0.29) is 41.9 Å². The minimum Gasteiger partial charge on any atom is -0.359 e. The molecule has 0 spiro atoms. The average Bonchev–Trinajstić information content (AvgIpc) is 2.80. The van der Waals surface area contributed by atoms with Crippen molar-refractivity contribution < 1.29 is 9.59 Å². The standard InChI is InChI=1S/C23H26Cl2N4O3S/c1-12-9-16-19(11-28(12)21(31)14-5-8-17(24)18(25)10-14)27-23(33)29(22(16)32)15-6-3-13(4-7-15)20(30)26-2/h5,8,10,12-13,15H,3-4,6-7,9,11H2,1-2H3,(H,26,30)(H,27,33)/t12-,13-,15+/m1/s1. The van der Waals surface area contributed by atoms with Gasteiger partial charge in [0.1, 0.15) is 0 Å². The molecule has 176 valence electrons. The van der Waals surface area contributed by atoms with Gasteiger partial charge in [0.15, 0.2) is 4.77 Å². The van der Waals surface area contributed by atoms with Gasteiger partial charge in [-0.15, -0.1) is 0 Å². The van der Waals surface area contributed by atoms with E-state index in [4.69, 9.17) is 35.4 Å². The summed E-state index contributed by atoms with van der Waals surface area (Å²) >= 11 is 17.6. The zero-order valence-corrected chi connectivity index (χ0v) is 20.8. The fourth-order valence-electron chi connectivity index (χ4n) is 4.91. The van der Waals surface area contributed by atoms with Gasteiger partial charge in [-0.1, -0.05) is 23.2 Å². The Labute approximate surface area is 207 Å². The van der Waals surface area contributed by atoms with Crippen LogP contribution >= 0.6 is 35.4 Å². The quantitative estimate of drug-likeness (QED) is 0.605. The molecule has 1 aliphatic carbocycles. The van der Waals surface area contributed by atoms with Gasteiger partial charge in [0.25, 0.3) is 11.5 Å². The molecular weight excluding hydrogens is 483 g/mol. The zero-order valence-electron chi connectivity index (χ0n) is 18.5. The lowest BCUT2D eigenvalue weighted by Crippen LogP contribution is -2.46. The van der Waals surface area contributed by atoms with Crippen LogP contribution in [0.4, 0.5) is 0 Å². The van der Waals surface area contributed by atoms with Crippen molar-refractivity contribution in [2.75, 3.05) is 7.05 Å². The molecule has 2 heterocycles. The van der Waals surface area contributed by atoms with Crippen LogP contribution < -0.4 is 10.9 Å². The van der Waals surface area contributed by atoms with Gasteiger partial charge >= 0.3 is 0 Å². The van der Waals surface area contributed by atoms with Crippen LogP contribution in [0.3, 0.4) is 0 Å². The third-order valence-corrected chi connectivity index (χ3v) is 7.82. The van der Waals surface area contributed by atoms with Crippen LogP contribution in [-0.2, 0) is 17.8 Å². The van der Waals surface area contributed by atoms with Crippen LogP contribution in [0.1, 0.15) is 60.3 Å². The minimum atomic E-state index is -0.178. The summed E-state index contributed by atoms with van der Waals surface area (Å²) in [6.07, 6.45) is 3.34. The van der Waals surface area contributed by atoms with E-state index in [0.29, 0.717) is 38.1 Å². The summed E-state index contributed by atoms with van der Waals surface area (Å²) in [6.45, 7) is 2.19. The number of amides is 2. The Morgan fingerprint density at radius 3 is 2.48 bits per heavy atom. The Balaban J connectivity index is 1.59. The monoisotopic (exact) mass is 508 g/mol. The topological polar surface area (TPSA) is 87.2 Å². The number of halogens is 2. The molecule has 1 aromatic carbocycles. The van der Waals surface area contributed by atoms with Crippen molar-refractivity contribution in [1.82, 2.24) is 19.8 Å². The first-order valence-corrected chi connectivity index (χ1v) is 12.2. The van der Waals surface area contributed by atoms with Gasteiger partial charge in [0.2, 0.25) is 5.91 Å². The molecule has 2 aliphatic rings. The first kappa shape index (κ1) is 24.0. The molecule has 0 radical (unpaired) electrons. The molecule has 10 heteroatoms. The fraction of sp³-hybridized carbons (Fsp3) is 0.478. The van der Waals surface area contributed by atoms with Crippen molar-refractivity contribution in [2.24, 2.45) is 5.92 Å². The molecule has 7 nitrogen and oxygen atoms in total. The predicted octanol–water partition coefficient (Wildman–Crippen LogP) is 4.28. The predicted molar refractivity (Wildman–Crippen MR) is 130 cm³/mol. The highest BCUT2D eigenvalue weighted by Gasteiger charge is 2.33. The number of nitrogens with zero attached hydrogens (tertiary/aromatic N) is 2. The molecule has 1 aromatic heterocycles. The maximum Gasteiger partial charge on any atom is 0.258 e. The summed E-state index contributed by atoms with van der Waals surface area (Å²) in [5.41, 5.74) is 1.69. The number of hydrogen-bond acceptors (Lipinski definition) is 4. The second-order valence-electron chi connectivity index (χ2n) is 8.80. The van der Waals surface area contributed by atoms with Gasteiger partial charge in [0, 0.05) is 41.9 Å². The molecule has 0 unspecified atom stereocenters. The third-order valence-electron chi connectivity index (χ3n) is 6.78. The Hall–Kier alpha value is -2.16. The summed E-state index contributed by atoms with van der Waals surface area (Å²) in [4.78, 5) is 43.5. The Kier molecular flexibility index (Phi) is 6.98. The van der Waals surface area contributed by atoms with E-state index < -0.39 is 0 Å². The molecule has 2 N–H and O–H groups in total. The number of hydrogen-bond donors (Lipinski definition) is 2. The summed E-state index contributed by atoms with van der Waals surface area (Å²) in [7, 11) is 1.65. The van der Waals surface area contributed by atoms with E-state index in [9.17, 15) is 14.4 Å². The van der Waals surface area contributed by atoms with Gasteiger partial charge in [-0.2, -0.15) is 0 Å². The van der Waals surface area contributed by atoms with Crippen LogP contribution in [0.25, 0.3) is 0 Å². The number of benzene rings is 1. The van der Waals surface area contributed by atoms with Crippen LogP contribution in [0.15, 0.2) is 23.0 Å². The number of nitrogens with one attached hydrogen (secondary N) is 2. The smallest absolute Gasteiger partial charge is 0.258 e. The summed E-state index contributed by atoms with van der Waals surface area (Å²) in [6, 6.07) is 4.61. The molecule has 1 atom stereocenters. The van der Waals surface area contributed by atoms with E-state index in [1.54, 1.807) is 34.7 Å². The van der Waals surface area contributed by atoms with Crippen LogP contribution in [0.5, 0.6) is 0 Å². The second-order valence-corrected chi connectivity index (χ2v) is 10.00. The number of carbonyl (C=O) groups is 2. The van der Waals surface area contributed by atoms with Crippen LogP contribution in [-0.4, -0.2) is 39.4 Å². The summed E-state index contributed by atoms with van der Waals surface area (Å²) < 4.78 is 2.04. The molecular formula is C23H26Cl2N4O3S. The number of aromatic nitrogens is 2. The highest BCUT2D eigenvalue weighted by molar-refractivity contribution is 7.71. The molecule has 1 fully saturated rings. The molecule has 4 rings (SSSR count). The molecule has 33 heavy (non-hydrogen) atoms. The maximum absolute atomic E-state index is 13.4. The first-order valence-electron chi connectivity index (χ1n) is 11.1. The lowest BCUT2D eigenvalue weighted by molar-refractivity contribution is -0.125. The molecule has 2 amide bonds. The van der Waals surface area contributed by atoms with Crippen LogP contribution in [0, 0.1) is 10.7 Å². The number of fused-ring (bicyclic) bond motifs is 1. The molecule has 2 aromatic rings. The second kappa shape index (κ2) is 9.60.